The van der Waals surface area contributed by atoms with Crippen LogP contribution in [0.3, 0.4) is 0 Å². The first-order chi connectivity index (χ1) is 4.74. The largest absolute Gasteiger partial charge is 0.352 e. The normalized spacial score (nSPS) is 13.0. The van der Waals surface area contributed by atoms with E-state index in [4.69, 9.17) is 5.73 Å². The predicted octanol–water partition coefficient (Wildman–Crippen LogP) is 1.96. The predicted molar refractivity (Wildman–Crippen MR) is 45.6 cm³/mol. The first-order valence-electron chi connectivity index (χ1n) is 2.96. The van der Waals surface area contributed by atoms with Crippen LogP contribution in [0.4, 0.5) is 0 Å². The molecule has 2 nitrogen and oxygen atoms in total. The summed E-state index contributed by atoms with van der Waals surface area (Å²) in [4.78, 5) is 3.05. The molecule has 0 radical (unpaired) electrons. The van der Waals surface area contributed by atoms with Crippen molar-refractivity contribution in [2.75, 3.05) is 0 Å². The van der Waals surface area contributed by atoms with E-state index in [-0.39, 0.29) is 6.04 Å². The number of hydrogen-bond acceptors (Lipinski definition) is 1. The molecule has 0 spiro atoms. The maximum atomic E-state index is 5.64. The van der Waals surface area contributed by atoms with E-state index in [9.17, 15) is 0 Å². The van der Waals surface area contributed by atoms with E-state index in [0.29, 0.717) is 0 Å². The summed E-state index contributed by atoms with van der Waals surface area (Å²) in [6, 6.07) is 3.75. The molecular weight excluding hydrogens is 192 g/mol. The molecular formula is C7H9BrN2. The molecule has 1 aromatic heterocycles. The lowest BCUT2D eigenvalue weighted by atomic mass is 10.2. The molecule has 0 bridgehead atoms. The number of hydrogen-bond donors (Lipinski definition) is 2. The van der Waals surface area contributed by atoms with Gasteiger partial charge in [-0.3, -0.25) is 0 Å². The van der Waals surface area contributed by atoms with E-state index in [0.717, 1.165) is 10.3 Å². The zero-order valence-corrected chi connectivity index (χ0v) is 7.06. The van der Waals surface area contributed by atoms with Crippen LogP contribution in [0.5, 0.6) is 0 Å². The zero-order chi connectivity index (χ0) is 7.56. The summed E-state index contributed by atoms with van der Waals surface area (Å²) in [7, 11) is 0. The number of H-pyrrole nitrogens is 1. The minimum absolute atomic E-state index is 0.0914. The Bertz CT molecular complexity index is 229. The van der Waals surface area contributed by atoms with Gasteiger partial charge < -0.3 is 10.7 Å². The van der Waals surface area contributed by atoms with Crippen molar-refractivity contribution in [3.8, 4) is 0 Å². The highest BCUT2D eigenvalue weighted by atomic mass is 79.9. The van der Waals surface area contributed by atoms with Crippen LogP contribution in [0.25, 0.3) is 0 Å². The van der Waals surface area contributed by atoms with E-state index in [1.807, 2.05) is 12.1 Å². The van der Waals surface area contributed by atoms with Crippen molar-refractivity contribution in [2.45, 2.75) is 6.04 Å². The highest BCUT2D eigenvalue weighted by Crippen LogP contribution is 2.13. The SMILES string of the molecule is C=CC(N)c1ccc(Br)[nH]1. The van der Waals surface area contributed by atoms with Gasteiger partial charge in [-0.05, 0) is 28.1 Å². The van der Waals surface area contributed by atoms with Gasteiger partial charge in [0, 0.05) is 5.69 Å². The summed E-state index contributed by atoms with van der Waals surface area (Å²) >= 11 is 3.28. The maximum Gasteiger partial charge on any atom is 0.0822 e. The zero-order valence-electron chi connectivity index (χ0n) is 5.47. The maximum absolute atomic E-state index is 5.64. The number of aromatic amines is 1. The third-order valence-electron chi connectivity index (χ3n) is 1.29. The van der Waals surface area contributed by atoms with Crippen LogP contribution < -0.4 is 5.73 Å². The minimum Gasteiger partial charge on any atom is -0.352 e. The monoisotopic (exact) mass is 200 g/mol. The second-order valence-electron chi connectivity index (χ2n) is 2.02. The molecule has 3 N–H and O–H groups in total. The van der Waals surface area contributed by atoms with Gasteiger partial charge in [0.1, 0.15) is 0 Å². The van der Waals surface area contributed by atoms with Gasteiger partial charge in [0.05, 0.1) is 10.6 Å². The van der Waals surface area contributed by atoms with Gasteiger partial charge in [-0.15, -0.1) is 6.58 Å². The van der Waals surface area contributed by atoms with Crippen molar-refractivity contribution in [3.63, 3.8) is 0 Å². The molecule has 0 aliphatic rings. The Labute approximate surface area is 68.3 Å². The molecule has 0 saturated carbocycles. The fraction of sp³-hybridized carbons (Fsp3) is 0.143. The molecule has 1 rings (SSSR count). The van der Waals surface area contributed by atoms with Gasteiger partial charge in [0.25, 0.3) is 0 Å². The number of aromatic nitrogens is 1. The lowest BCUT2D eigenvalue weighted by Gasteiger charge is -2.00. The summed E-state index contributed by atoms with van der Waals surface area (Å²) in [5, 5.41) is 0. The quantitative estimate of drug-likeness (QED) is 0.705. The third-order valence-corrected chi connectivity index (χ3v) is 1.75. The molecule has 1 aromatic rings. The highest BCUT2D eigenvalue weighted by Gasteiger charge is 2.01. The van der Waals surface area contributed by atoms with Gasteiger partial charge in [-0.1, -0.05) is 6.08 Å². The third kappa shape index (κ3) is 1.49. The van der Waals surface area contributed by atoms with Crippen molar-refractivity contribution in [3.05, 3.63) is 35.1 Å². The highest BCUT2D eigenvalue weighted by molar-refractivity contribution is 9.10. The van der Waals surface area contributed by atoms with Crippen molar-refractivity contribution in [2.24, 2.45) is 5.73 Å². The first kappa shape index (κ1) is 7.57. The fourth-order valence-electron chi connectivity index (χ4n) is 0.706. The molecule has 1 atom stereocenters. The smallest absolute Gasteiger partial charge is 0.0822 e. The Morgan fingerprint density at radius 1 is 1.70 bits per heavy atom. The average Bonchev–Trinajstić information content (AvgIpc) is 2.34. The van der Waals surface area contributed by atoms with Crippen LogP contribution in [-0.4, -0.2) is 4.98 Å². The summed E-state index contributed by atoms with van der Waals surface area (Å²) in [6.45, 7) is 3.59. The summed E-state index contributed by atoms with van der Waals surface area (Å²) in [5.41, 5.74) is 6.61. The second kappa shape index (κ2) is 3.03. The Morgan fingerprint density at radius 2 is 2.40 bits per heavy atom. The lowest BCUT2D eigenvalue weighted by molar-refractivity contribution is 0.873. The first-order valence-corrected chi connectivity index (χ1v) is 3.76. The molecule has 0 amide bonds. The van der Waals surface area contributed by atoms with Crippen LogP contribution in [-0.2, 0) is 0 Å². The van der Waals surface area contributed by atoms with Crippen LogP contribution in [0, 0.1) is 0 Å². The average molecular weight is 201 g/mol. The van der Waals surface area contributed by atoms with Gasteiger partial charge >= 0.3 is 0 Å². The van der Waals surface area contributed by atoms with Crippen LogP contribution in [0.2, 0.25) is 0 Å². The fourth-order valence-corrected chi connectivity index (χ4v) is 1.07. The topological polar surface area (TPSA) is 41.8 Å². The molecule has 0 fully saturated rings. The molecule has 10 heavy (non-hydrogen) atoms. The van der Waals surface area contributed by atoms with Crippen LogP contribution in [0.15, 0.2) is 29.4 Å². The molecule has 0 aliphatic heterocycles. The van der Waals surface area contributed by atoms with E-state index >= 15 is 0 Å². The standard InChI is InChI=1S/C7H9BrN2/c1-2-5(9)6-3-4-7(8)10-6/h2-5,10H,1,9H2. The van der Waals surface area contributed by atoms with Gasteiger partial charge in [-0.25, -0.2) is 0 Å². The number of halogens is 1. The Morgan fingerprint density at radius 3 is 2.80 bits per heavy atom. The van der Waals surface area contributed by atoms with E-state index < -0.39 is 0 Å². The van der Waals surface area contributed by atoms with Crippen molar-refractivity contribution < 1.29 is 0 Å². The summed E-state index contributed by atoms with van der Waals surface area (Å²) in [5.74, 6) is 0. The molecule has 54 valence electrons. The Balaban J connectivity index is 2.84. The van der Waals surface area contributed by atoms with Crippen LogP contribution in [0.1, 0.15) is 11.7 Å². The van der Waals surface area contributed by atoms with Gasteiger partial charge in [0.15, 0.2) is 0 Å². The lowest BCUT2D eigenvalue weighted by Crippen LogP contribution is -2.06. The summed E-state index contributed by atoms with van der Waals surface area (Å²) < 4.78 is 0.944. The summed E-state index contributed by atoms with van der Waals surface area (Å²) in [6.07, 6.45) is 1.69. The molecule has 0 saturated heterocycles. The van der Waals surface area contributed by atoms with E-state index in [2.05, 4.69) is 27.5 Å². The number of nitrogens with two attached hydrogens (primary N) is 1. The Hall–Kier alpha value is -0.540. The van der Waals surface area contributed by atoms with Gasteiger partial charge in [0.2, 0.25) is 0 Å². The molecule has 1 heterocycles. The molecule has 0 aliphatic carbocycles. The second-order valence-corrected chi connectivity index (χ2v) is 2.88. The molecule has 0 aromatic carbocycles. The van der Waals surface area contributed by atoms with Crippen molar-refractivity contribution >= 4 is 15.9 Å². The van der Waals surface area contributed by atoms with Crippen molar-refractivity contribution in [1.29, 1.82) is 0 Å². The van der Waals surface area contributed by atoms with Crippen LogP contribution >= 0.6 is 15.9 Å². The number of rotatable bonds is 2. The van der Waals surface area contributed by atoms with Crippen molar-refractivity contribution in [1.82, 2.24) is 4.98 Å². The molecule has 3 heteroatoms. The molecule has 1 unspecified atom stereocenters. The number of nitrogens with one attached hydrogen (secondary N) is 1. The Kier molecular flexibility index (Phi) is 2.29. The minimum atomic E-state index is -0.0914. The van der Waals surface area contributed by atoms with Gasteiger partial charge in [-0.2, -0.15) is 0 Å². The van der Waals surface area contributed by atoms with E-state index in [1.54, 1.807) is 6.08 Å². The van der Waals surface area contributed by atoms with E-state index in [1.165, 1.54) is 0 Å².